The molecule has 2 aromatic rings. The molecule has 0 bridgehead atoms. The van der Waals surface area contributed by atoms with Crippen molar-refractivity contribution < 1.29 is 9.50 Å². The normalized spacial score (nSPS) is 12.7. The van der Waals surface area contributed by atoms with E-state index in [0.29, 0.717) is 6.54 Å². The van der Waals surface area contributed by atoms with E-state index >= 15 is 0 Å². The van der Waals surface area contributed by atoms with E-state index in [4.69, 9.17) is 0 Å². The Bertz CT molecular complexity index is 476. The lowest BCUT2D eigenvalue weighted by molar-refractivity contribution is 0.190. The molecule has 0 saturated carbocycles. The minimum absolute atomic E-state index is 0.233. The molecular weight excluding hydrogens is 205 g/mol. The Kier molecular flexibility index (Phi) is 3.06. The van der Waals surface area contributed by atoms with E-state index in [1.807, 2.05) is 29.0 Å². The highest BCUT2D eigenvalue weighted by Gasteiger charge is 2.06. The number of halogens is 1. The Morgan fingerprint density at radius 3 is 2.81 bits per heavy atom. The molecule has 2 rings (SSSR count). The average Bonchev–Trinajstić information content (AvgIpc) is 2.66. The van der Waals surface area contributed by atoms with Crippen LogP contribution in [0, 0.1) is 5.82 Å². The molecule has 1 atom stereocenters. The third-order valence-corrected chi connectivity index (χ3v) is 2.53. The van der Waals surface area contributed by atoms with Crippen molar-refractivity contribution in [3.05, 3.63) is 59.7 Å². The van der Waals surface area contributed by atoms with Crippen LogP contribution in [0.1, 0.15) is 24.3 Å². The second kappa shape index (κ2) is 4.49. The van der Waals surface area contributed by atoms with E-state index in [2.05, 4.69) is 0 Å². The average molecular weight is 219 g/mol. The number of rotatable bonds is 3. The van der Waals surface area contributed by atoms with Crippen molar-refractivity contribution in [2.75, 3.05) is 0 Å². The van der Waals surface area contributed by atoms with Crippen molar-refractivity contribution in [2.24, 2.45) is 0 Å². The molecule has 0 aliphatic rings. The van der Waals surface area contributed by atoms with E-state index in [1.54, 1.807) is 13.0 Å². The number of nitrogens with zero attached hydrogens (tertiary/aromatic N) is 1. The van der Waals surface area contributed by atoms with Gasteiger partial charge in [-0.15, -0.1) is 0 Å². The van der Waals surface area contributed by atoms with Gasteiger partial charge in [-0.25, -0.2) is 4.39 Å². The fourth-order valence-electron chi connectivity index (χ4n) is 1.78. The van der Waals surface area contributed by atoms with Gasteiger partial charge < -0.3 is 9.67 Å². The zero-order chi connectivity index (χ0) is 11.5. The Morgan fingerprint density at radius 1 is 1.31 bits per heavy atom. The molecule has 0 radical (unpaired) electrons. The molecule has 1 unspecified atom stereocenters. The quantitative estimate of drug-likeness (QED) is 0.843. The predicted octanol–water partition coefficient (Wildman–Crippen LogP) is 2.73. The monoisotopic (exact) mass is 219 g/mol. The number of aromatic nitrogens is 1. The lowest BCUT2D eigenvalue weighted by atomic mass is 10.2. The molecule has 0 amide bonds. The Morgan fingerprint density at radius 2 is 2.12 bits per heavy atom. The van der Waals surface area contributed by atoms with Crippen molar-refractivity contribution in [3.8, 4) is 0 Å². The third kappa shape index (κ3) is 2.31. The smallest absolute Gasteiger partial charge is 0.123 e. The third-order valence-electron chi connectivity index (χ3n) is 2.53. The summed E-state index contributed by atoms with van der Waals surface area (Å²) in [5.74, 6) is -0.233. The maximum atomic E-state index is 13.0. The van der Waals surface area contributed by atoms with Crippen molar-refractivity contribution >= 4 is 0 Å². The zero-order valence-corrected chi connectivity index (χ0v) is 9.10. The summed E-state index contributed by atoms with van der Waals surface area (Å²) in [7, 11) is 0. The molecule has 16 heavy (non-hydrogen) atoms. The fraction of sp³-hybridized carbons (Fsp3) is 0.231. The first-order chi connectivity index (χ1) is 7.66. The van der Waals surface area contributed by atoms with Crippen LogP contribution in [-0.2, 0) is 6.54 Å². The van der Waals surface area contributed by atoms with Gasteiger partial charge in [0.05, 0.1) is 6.10 Å². The summed E-state index contributed by atoms with van der Waals surface area (Å²) < 4.78 is 14.9. The van der Waals surface area contributed by atoms with Gasteiger partial charge in [-0.05, 0) is 36.8 Å². The molecule has 1 N–H and O–H groups in total. The van der Waals surface area contributed by atoms with Gasteiger partial charge in [0.1, 0.15) is 5.82 Å². The minimum Gasteiger partial charge on any atom is -0.387 e. The van der Waals surface area contributed by atoms with E-state index in [9.17, 15) is 9.50 Å². The van der Waals surface area contributed by atoms with E-state index < -0.39 is 6.10 Å². The van der Waals surface area contributed by atoms with Crippen LogP contribution in [0.4, 0.5) is 4.39 Å². The van der Waals surface area contributed by atoms with Gasteiger partial charge >= 0.3 is 0 Å². The summed E-state index contributed by atoms with van der Waals surface area (Å²) in [6, 6.07) is 10.2. The van der Waals surface area contributed by atoms with Crippen molar-refractivity contribution in [2.45, 2.75) is 19.6 Å². The Hall–Kier alpha value is -1.61. The van der Waals surface area contributed by atoms with Crippen LogP contribution in [0.3, 0.4) is 0 Å². The molecular formula is C13H14FNO. The maximum absolute atomic E-state index is 13.0. The fourth-order valence-corrected chi connectivity index (χ4v) is 1.78. The van der Waals surface area contributed by atoms with Crippen LogP contribution < -0.4 is 0 Å². The number of hydrogen-bond donors (Lipinski definition) is 1. The van der Waals surface area contributed by atoms with E-state index in [0.717, 1.165) is 11.3 Å². The van der Waals surface area contributed by atoms with Crippen LogP contribution in [0.5, 0.6) is 0 Å². The highest BCUT2D eigenvalue weighted by Crippen LogP contribution is 2.15. The number of benzene rings is 1. The lowest BCUT2D eigenvalue weighted by Gasteiger charge is -2.11. The maximum Gasteiger partial charge on any atom is 0.123 e. The summed E-state index contributed by atoms with van der Waals surface area (Å²) in [5.41, 5.74) is 1.72. The van der Waals surface area contributed by atoms with Crippen LogP contribution >= 0.6 is 0 Å². The molecule has 0 aliphatic carbocycles. The minimum atomic E-state index is -0.511. The van der Waals surface area contributed by atoms with Gasteiger partial charge in [-0.3, -0.25) is 0 Å². The molecule has 0 aliphatic heterocycles. The summed E-state index contributed by atoms with van der Waals surface area (Å²) in [6.45, 7) is 2.29. The summed E-state index contributed by atoms with van der Waals surface area (Å²) in [5, 5.41) is 9.53. The molecule has 1 heterocycles. The van der Waals surface area contributed by atoms with Crippen molar-refractivity contribution in [3.63, 3.8) is 0 Å². The first kappa shape index (κ1) is 10.9. The molecule has 0 fully saturated rings. The molecule has 2 nitrogen and oxygen atoms in total. The second-order valence-electron chi connectivity index (χ2n) is 3.87. The van der Waals surface area contributed by atoms with Crippen LogP contribution in [0.25, 0.3) is 0 Å². The summed E-state index contributed by atoms with van der Waals surface area (Å²) >= 11 is 0. The molecule has 1 aromatic carbocycles. The van der Waals surface area contributed by atoms with E-state index in [-0.39, 0.29) is 5.82 Å². The predicted molar refractivity (Wildman–Crippen MR) is 60.6 cm³/mol. The van der Waals surface area contributed by atoms with Crippen LogP contribution in [0.2, 0.25) is 0 Å². The Balaban J connectivity index is 2.24. The highest BCUT2D eigenvalue weighted by molar-refractivity contribution is 5.19. The lowest BCUT2D eigenvalue weighted by Crippen LogP contribution is -2.05. The van der Waals surface area contributed by atoms with E-state index in [1.165, 1.54) is 12.1 Å². The van der Waals surface area contributed by atoms with Gasteiger partial charge in [0, 0.05) is 18.4 Å². The van der Waals surface area contributed by atoms with Gasteiger partial charge in [-0.2, -0.15) is 0 Å². The number of aliphatic hydroxyl groups excluding tert-OH is 1. The standard InChI is InChI=1S/C13H14FNO/c1-10(16)13-6-3-7-15(13)9-11-4-2-5-12(14)8-11/h2-8,10,16H,9H2,1H3. The van der Waals surface area contributed by atoms with Crippen molar-refractivity contribution in [1.29, 1.82) is 0 Å². The second-order valence-corrected chi connectivity index (χ2v) is 3.87. The number of aliphatic hydroxyl groups is 1. The van der Waals surface area contributed by atoms with Gasteiger partial charge in [0.25, 0.3) is 0 Å². The van der Waals surface area contributed by atoms with Gasteiger partial charge in [-0.1, -0.05) is 12.1 Å². The number of hydrogen-bond acceptors (Lipinski definition) is 1. The summed E-state index contributed by atoms with van der Waals surface area (Å²) in [4.78, 5) is 0. The van der Waals surface area contributed by atoms with Gasteiger partial charge in [0.15, 0.2) is 0 Å². The molecule has 0 spiro atoms. The first-order valence-corrected chi connectivity index (χ1v) is 5.24. The molecule has 1 aromatic heterocycles. The SMILES string of the molecule is CC(O)c1cccn1Cc1cccc(F)c1. The zero-order valence-electron chi connectivity index (χ0n) is 9.10. The van der Waals surface area contributed by atoms with Crippen LogP contribution in [-0.4, -0.2) is 9.67 Å². The topological polar surface area (TPSA) is 25.2 Å². The van der Waals surface area contributed by atoms with Crippen molar-refractivity contribution in [1.82, 2.24) is 4.57 Å². The molecule has 0 saturated heterocycles. The Labute approximate surface area is 94.0 Å². The largest absolute Gasteiger partial charge is 0.387 e. The first-order valence-electron chi connectivity index (χ1n) is 5.24. The van der Waals surface area contributed by atoms with Gasteiger partial charge in [0.2, 0.25) is 0 Å². The summed E-state index contributed by atoms with van der Waals surface area (Å²) in [6.07, 6.45) is 1.37. The molecule has 84 valence electrons. The van der Waals surface area contributed by atoms with Crippen LogP contribution in [0.15, 0.2) is 42.6 Å². The highest BCUT2D eigenvalue weighted by atomic mass is 19.1. The molecule has 3 heteroatoms.